The summed E-state index contributed by atoms with van der Waals surface area (Å²) in [5, 5.41) is 13.6. The van der Waals surface area contributed by atoms with Gasteiger partial charge in [-0.15, -0.1) is 0 Å². The molecule has 0 aliphatic heterocycles. The number of anilines is 2. The van der Waals surface area contributed by atoms with Crippen LogP contribution >= 0.6 is 11.6 Å². The summed E-state index contributed by atoms with van der Waals surface area (Å²) in [7, 11) is 0. The van der Waals surface area contributed by atoms with Gasteiger partial charge >= 0.3 is 5.97 Å². The van der Waals surface area contributed by atoms with Gasteiger partial charge in [0, 0.05) is 17.8 Å². The Bertz CT molecular complexity index is 840. The second kappa shape index (κ2) is 7.63. The summed E-state index contributed by atoms with van der Waals surface area (Å²) < 4.78 is 5.03. The number of benzene rings is 2. The monoisotopic (exact) mass is 363 g/mol. The number of nitrogen functional groups attached to an aromatic ring is 1. The summed E-state index contributed by atoms with van der Waals surface area (Å²) >= 11 is 5.94. The molecule has 0 radical (unpaired) electrons. The molecule has 0 spiro atoms. The molecule has 3 N–H and O–H groups in total. The largest absolute Gasteiger partial charge is 0.449 e. The van der Waals surface area contributed by atoms with Crippen LogP contribution in [0.4, 0.5) is 17.1 Å². The predicted molar refractivity (Wildman–Crippen MR) is 92.5 cm³/mol. The third kappa shape index (κ3) is 4.45. The number of rotatable bonds is 5. The van der Waals surface area contributed by atoms with Gasteiger partial charge in [-0.25, -0.2) is 4.79 Å². The van der Waals surface area contributed by atoms with Crippen LogP contribution in [-0.2, 0) is 9.53 Å². The van der Waals surface area contributed by atoms with Crippen molar-refractivity contribution in [3.05, 3.63) is 63.2 Å². The minimum atomic E-state index is -1.16. The zero-order valence-corrected chi connectivity index (χ0v) is 13.8. The third-order valence-electron chi connectivity index (χ3n) is 3.25. The van der Waals surface area contributed by atoms with Crippen LogP contribution in [0.25, 0.3) is 0 Å². The van der Waals surface area contributed by atoms with Gasteiger partial charge in [-0.05, 0) is 25.1 Å². The van der Waals surface area contributed by atoms with Crippen LogP contribution in [0.3, 0.4) is 0 Å². The molecule has 25 heavy (non-hydrogen) atoms. The van der Waals surface area contributed by atoms with E-state index < -0.39 is 22.9 Å². The SMILES string of the molecule is C[C@@H](OC(=O)c1cc([N+](=O)[O-])ccc1N)C(=O)Nc1ccccc1Cl. The van der Waals surface area contributed by atoms with Crippen molar-refractivity contribution in [1.82, 2.24) is 0 Å². The number of nitrogens with two attached hydrogens (primary N) is 1. The molecule has 130 valence electrons. The second-order valence-corrected chi connectivity index (χ2v) is 5.45. The van der Waals surface area contributed by atoms with E-state index in [1.165, 1.54) is 19.1 Å². The molecule has 2 aromatic carbocycles. The summed E-state index contributed by atoms with van der Waals surface area (Å²) in [4.78, 5) is 34.4. The van der Waals surface area contributed by atoms with Crippen molar-refractivity contribution in [2.24, 2.45) is 0 Å². The molecule has 1 atom stereocenters. The summed E-state index contributed by atoms with van der Waals surface area (Å²) in [5.74, 6) is -1.55. The Balaban J connectivity index is 2.09. The Labute approximate surface area is 147 Å². The quantitative estimate of drug-likeness (QED) is 0.364. The molecule has 0 bridgehead atoms. The molecule has 0 fully saturated rings. The molecule has 1 amide bonds. The number of hydrogen-bond acceptors (Lipinski definition) is 6. The van der Waals surface area contributed by atoms with Gasteiger partial charge in [0.2, 0.25) is 0 Å². The summed E-state index contributed by atoms with van der Waals surface area (Å²) in [6, 6.07) is 9.96. The van der Waals surface area contributed by atoms with E-state index in [1.807, 2.05) is 0 Å². The minimum absolute atomic E-state index is 0.00862. The minimum Gasteiger partial charge on any atom is -0.449 e. The second-order valence-electron chi connectivity index (χ2n) is 5.05. The maximum atomic E-state index is 12.1. The van der Waals surface area contributed by atoms with Crippen LogP contribution in [0.1, 0.15) is 17.3 Å². The van der Waals surface area contributed by atoms with Gasteiger partial charge in [-0.3, -0.25) is 14.9 Å². The average molecular weight is 364 g/mol. The molecular weight excluding hydrogens is 350 g/mol. The number of nitro benzene ring substituents is 1. The Hall–Kier alpha value is -3.13. The lowest BCUT2D eigenvalue weighted by atomic mass is 10.1. The van der Waals surface area contributed by atoms with Gasteiger partial charge in [0.1, 0.15) is 0 Å². The first kappa shape index (κ1) is 18.2. The molecule has 0 aromatic heterocycles. The highest BCUT2D eigenvalue weighted by Gasteiger charge is 2.22. The summed E-state index contributed by atoms with van der Waals surface area (Å²) in [6.45, 7) is 1.36. The highest BCUT2D eigenvalue weighted by atomic mass is 35.5. The lowest BCUT2D eigenvalue weighted by Gasteiger charge is -2.14. The fourth-order valence-corrected chi connectivity index (χ4v) is 2.09. The highest BCUT2D eigenvalue weighted by molar-refractivity contribution is 6.33. The van der Waals surface area contributed by atoms with Gasteiger partial charge < -0.3 is 15.8 Å². The number of carbonyl (C=O) groups is 2. The van der Waals surface area contributed by atoms with Crippen molar-refractivity contribution in [2.45, 2.75) is 13.0 Å². The smallest absolute Gasteiger partial charge is 0.341 e. The van der Waals surface area contributed by atoms with E-state index in [1.54, 1.807) is 24.3 Å². The number of amides is 1. The molecule has 0 unspecified atom stereocenters. The number of carbonyl (C=O) groups excluding carboxylic acids is 2. The van der Waals surface area contributed by atoms with Gasteiger partial charge in [-0.1, -0.05) is 23.7 Å². The molecule has 0 aliphatic carbocycles. The number of para-hydroxylation sites is 1. The van der Waals surface area contributed by atoms with Crippen molar-refractivity contribution in [1.29, 1.82) is 0 Å². The van der Waals surface area contributed by atoms with E-state index in [0.717, 1.165) is 6.07 Å². The molecule has 2 aromatic rings. The Morgan fingerprint density at radius 2 is 1.96 bits per heavy atom. The lowest BCUT2D eigenvalue weighted by molar-refractivity contribution is -0.384. The first-order valence-corrected chi connectivity index (χ1v) is 7.47. The van der Waals surface area contributed by atoms with E-state index in [4.69, 9.17) is 22.1 Å². The van der Waals surface area contributed by atoms with Crippen LogP contribution in [0, 0.1) is 10.1 Å². The number of hydrogen-bond donors (Lipinski definition) is 2. The van der Waals surface area contributed by atoms with E-state index in [9.17, 15) is 19.7 Å². The molecule has 2 rings (SSSR count). The van der Waals surface area contributed by atoms with Crippen molar-refractivity contribution < 1.29 is 19.2 Å². The van der Waals surface area contributed by atoms with Crippen molar-refractivity contribution >= 4 is 40.5 Å². The molecule has 0 aliphatic rings. The van der Waals surface area contributed by atoms with Gasteiger partial charge in [0.25, 0.3) is 11.6 Å². The highest BCUT2D eigenvalue weighted by Crippen LogP contribution is 2.22. The molecule has 0 saturated carbocycles. The maximum Gasteiger partial charge on any atom is 0.341 e. The Morgan fingerprint density at radius 3 is 2.60 bits per heavy atom. The lowest BCUT2D eigenvalue weighted by Crippen LogP contribution is -2.30. The van der Waals surface area contributed by atoms with Gasteiger partial charge in [-0.2, -0.15) is 0 Å². The van der Waals surface area contributed by atoms with Crippen molar-refractivity contribution in [2.75, 3.05) is 11.1 Å². The molecule has 0 saturated heterocycles. The first-order chi connectivity index (χ1) is 11.8. The van der Waals surface area contributed by atoms with Crippen LogP contribution in [0.15, 0.2) is 42.5 Å². The van der Waals surface area contributed by atoms with Crippen molar-refractivity contribution in [3.8, 4) is 0 Å². The normalized spacial score (nSPS) is 11.4. The molecule has 0 heterocycles. The van der Waals surface area contributed by atoms with Crippen LogP contribution in [0.2, 0.25) is 5.02 Å². The topological polar surface area (TPSA) is 125 Å². The van der Waals surface area contributed by atoms with Gasteiger partial charge in [0.15, 0.2) is 6.10 Å². The number of nitro groups is 1. The molecule has 9 heteroatoms. The number of non-ortho nitro benzene ring substituents is 1. The fraction of sp³-hybridized carbons (Fsp3) is 0.125. The molecular formula is C16H14ClN3O5. The zero-order valence-electron chi connectivity index (χ0n) is 13.1. The average Bonchev–Trinajstić information content (AvgIpc) is 2.56. The number of nitrogens with one attached hydrogen (secondary N) is 1. The van der Waals surface area contributed by atoms with Crippen LogP contribution < -0.4 is 11.1 Å². The number of esters is 1. The first-order valence-electron chi connectivity index (χ1n) is 7.10. The van der Waals surface area contributed by atoms with Crippen LogP contribution in [-0.4, -0.2) is 22.9 Å². The van der Waals surface area contributed by atoms with Crippen molar-refractivity contribution in [3.63, 3.8) is 0 Å². The van der Waals surface area contributed by atoms with E-state index in [-0.39, 0.29) is 16.9 Å². The standard InChI is InChI=1S/C16H14ClN3O5/c1-9(15(21)19-14-5-3-2-4-12(14)17)25-16(22)11-8-10(20(23)24)6-7-13(11)18/h2-9H,18H2,1H3,(H,19,21)/t9-/m1/s1. The Morgan fingerprint density at radius 1 is 1.28 bits per heavy atom. The van der Waals surface area contributed by atoms with Crippen LogP contribution in [0.5, 0.6) is 0 Å². The molecule has 8 nitrogen and oxygen atoms in total. The Kier molecular flexibility index (Phi) is 5.56. The maximum absolute atomic E-state index is 12.1. The van der Waals surface area contributed by atoms with E-state index in [2.05, 4.69) is 5.32 Å². The fourth-order valence-electron chi connectivity index (χ4n) is 1.91. The zero-order chi connectivity index (χ0) is 18.6. The number of ether oxygens (including phenoxy) is 1. The summed E-state index contributed by atoms with van der Waals surface area (Å²) in [5.41, 5.74) is 5.52. The predicted octanol–water partition coefficient (Wildman–Crippen LogP) is 3.01. The third-order valence-corrected chi connectivity index (χ3v) is 3.58. The summed E-state index contributed by atoms with van der Waals surface area (Å²) in [6.07, 6.45) is -1.16. The van der Waals surface area contributed by atoms with E-state index in [0.29, 0.717) is 10.7 Å². The number of nitrogens with zero attached hydrogens (tertiary/aromatic N) is 1. The van der Waals surface area contributed by atoms with Gasteiger partial charge in [0.05, 0.1) is 21.2 Å². The van der Waals surface area contributed by atoms with E-state index >= 15 is 0 Å². The number of halogens is 1.